The fourth-order valence-corrected chi connectivity index (χ4v) is 2.51. The summed E-state index contributed by atoms with van der Waals surface area (Å²) in [6.45, 7) is 2.62. The van der Waals surface area contributed by atoms with Crippen molar-refractivity contribution in [3.8, 4) is 22.7 Å². The SMILES string of the molecule is CCOc1cccc(-n2cc(-c3ccccc3)[nH]c2=S)c1. The topological polar surface area (TPSA) is 29.9 Å². The summed E-state index contributed by atoms with van der Waals surface area (Å²) in [6.07, 6.45) is 2.02. The summed E-state index contributed by atoms with van der Waals surface area (Å²) < 4.78 is 8.17. The van der Waals surface area contributed by atoms with Crippen molar-refractivity contribution < 1.29 is 4.74 Å². The Hall–Kier alpha value is -2.33. The van der Waals surface area contributed by atoms with Gasteiger partial charge in [0.2, 0.25) is 0 Å². The van der Waals surface area contributed by atoms with Crippen LogP contribution in [0.1, 0.15) is 6.92 Å². The molecule has 0 fully saturated rings. The predicted octanol–water partition coefficient (Wildman–Crippen LogP) is 4.60. The molecule has 0 radical (unpaired) electrons. The summed E-state index contributed by atoms with van der Waals surface area (Å²) in [6, 6.07) is 18.1. The Morgan fingerprint density at radius 3 is 2.67 bits per heavy atom. The van der Waals surface area contributed by atoms with Crippen molar-refractivity contribution in [2.75, 3.05) is 6.61 Å². The Morgan fingerprint density at radius 2 is 1.90 bits per heavy atom. The van der Waals surface area contributed by atoms with Crippen LogP contribution in [0.4, 0.5) is 0 Å². The van der Waals surface area contributed by atoms with Gasteiger partial charge in [-0.15, -0.1) is 0 Å². The Balaban J connectivity index is 2.02. The molecule has 3 nitrogen and oxygen atoms in total. The highest BCUT2D eigenvalue weighted by Gasteiger charge is 2.05. The number of hydrogen-bond acceptors (Lipinski definition) is 2. The predicted molar refractivity (Wildman–Crippen MR) is 87.6 cm³/mol. The number of aromatic nitrogens is 2. The van der Waals surface area contributed by atoms with Crippen molar-refractivity contribution in [1.29, 1.82) is 0 Å². The molecule has 0 amide bonds. The van der Waals surface area contributed by atoms with Crippen LogP contribution in [0.15, 0.2) is 60.8 Å². The van der Waals surface area contributed by atoms with E-state index in [1.807, 2.05) is 60.2 Å². The molecule has 0 aliphatic heterocycles. The number of nitrogens with zero attached hydrogens (tertiary/aromatic N) is 1. The third-order valence-electron chi connectivity index (χ3n) is 3.21. The number of benzene rings is 2. The van der Waals surface area contributed by atoms with Crippen molar-refractivity contribution in [3.63, 3.8) is 0 Å². The molecule has 0 unspecified atom stereocenters. The van der Waals surface area contributed by atoms with Gasteiger partial charge in [-0.1, -0.05) is 36.4 Å². The van der Waals surface area contributed by atoms with E-state index in [9.17, 15) is 0 Å². The first-order valence-electron chi connectivity index (χ1n) is 6.88. The third-order valence-corrected chi connectivity index (χ3v) is 3.51. The van der Waals surface area contributed by atoms with Crippen molar-refractivity contribution in [3.05, 3.63) is 65.6 Å². The third kappa shape index (κ3) is 2.90. The average Bonchev–Trinajstić information content (AvgIpc) is 2.91. The van der Waals surface area contributed by atoms with E-state index in [4.69, 9.17) is 17.0 Å². The highest BCUT2D eigenvalue weighted by molar-refractivity contribution is 7.71. The maximum Gasteiger partial charge on any atom is 0.182 e. The number of ether oxygens (including phenoxy) is 1. The van der Waals surface area contributed by atoms with Crippen LogP contribution in [0, 0.1) is 4.77 Å². The average molecular weight is 296 g/mol. The second-order valence-electron chi connectivity index (χ2n) is 4.64. The first-order valence-corrected chi connectivity index (χ1v) is 7.29. The molecule has 1 N–H and O–H groups in total. The zero-order valence-electron chi connectivity index (χ0n) is 11.7. The molecule has 0 saturated carbocycles. The van der Waals surface area contributed by atoms with Gasteiger partial charge in [0.25, 0.3) is 0 Å². The highest BCUT2D eigenvalue weighted by atomic mass is 32.1. The van der Waals surface area contributed by atoms with Gasteiger partial charge < -0.3 is 9.72 Å². The summed E-state index contributed by atoms with van der Waals surface area (Å²) >= 11 is 5.43. The molecular formula is C17H16N2OS. The molecule has 3 rings (SSSR count). The number of H-pyrrole nitrogens is 1. The molecule has 2 aromatic carbocycles. The molecule has 0 aliphatic rings. The van der Waals surface area contributed by atoms with Gasteiger partial charge in [-0.05, 0) is 36.8 Å². The highest BCUT2D eigenvalue weighted by Crippen LogP contribution is 2.22. The van der Waals surface area contributed by atoms with Crippen molar-refractivity contribution in [2.45, 2.75) is 6.92 Å². The largest absolute Gasteiger partial charge is 0.494 e. The number of nitrogens with one attached hydrogen (secondary N) is 1. The molecule has 0 bridgehead atoms. The normalized spacial score (nSPS) is 10.5. The second-order valence-corrected chi connectivity index (χ2v) is 5.03. The molecule has 21 heavy (non-hydrogen) atoms. The van der Waals surface area contributed by atoms with Crippen LogP contribution >= 0.6 is 12.2 Å². The maximum absolute atomic E-state index is 5.54. The van der Waals surface area contributed by atoms with Crippen LogP contribution in [0.3, 0.4) is 0 Å². The van der Waals surface area contributed by atoms with E-state index in [1.165, 1.54) is 0 Å². The molecule has 0 spiro atoms. The fraction of sp³-hybridized carbons (Fsp3) is 0.118. The Labute approximate surface area is 128 Å². The van der Waals surface area contributed by atoms with E-state index < -0.39 is 0 Å². The maximum atomic E-state index is 5.54. The lowest BCUT2D eigenvalue weighted by Gasteiger charge is -2.06. The van der Waals surface area contributed by atoms with Crippen LogP contribution in [-0.4, -0.2) is 16.2 Å². The molecule has 106 valence electrons. The Bertz CT molecular complexity index is 790. The minimum absolute atomic E-state index is 0.650. The summed E-state index contributed by atoms with van der Waals surface area (Å²) in [5, 5.41) is 0. The molecule has 4 heteroatoms. The second kappa shape index (κ2) is 5.97. The lowest BCUT2D eigenvalue weighted by molar-refractivity contribution is 0.340. The number of aromatic amines is 1. The standard InChI is InChI=1S/C17H16N2OS/c1-2-20-15-10-6-9-14(11-15)19-12-16(18-17(19)21)13-7-4-3-5-8-13/h3-12H,2H2,1H3,(H,18,21). The molecule has 1 heterocycles. The van der Waals surface area contributed by atoms with Gasteiger partial charge in [-0.2, -0.15) is 0 Å². The van der Waals surface area contributed by atoms with Gasteiger partial charge in [0.05, 0.1) is 18.0 Å². The molecular weight excluding hydrogens is 280 g/mol. The zero-order valence-corrected chi connectivity index (χ0v) is 12.6. The van der Waals surface area contributed by atoms with Crippen molar-refractivity contribution in [1.82, 2.24) is 9.55 Å². The minimum Gasteiger partial charge on any atom is -0.494 e. The van der Waals surface area contributed by atoms with E-state index in [1.54, 1.807) is 0 Å². The van der Waals surface area contributed by atoms with Gasteiger partial charge in [0.15, 0.2) is 4.77 Å². The minimum atomic E-state index is 0.650. The molecule has 0 atom stereocenters. The summed E-state index contributed by atoms with van der Waals surface area (Å²) in [7, 11) is 0. The van der Waals surface area contributed by atoms with Gasteiger partial charge >= 0.3 is 0 Å². The smallest absolute Gasteiger partial charge is 0.182 e. The molecule has 3 aromatic rings. The molecule has 1 aromatic heterocycles. The van der Waals surface area contributed by atoms with Crippen molar-refractivity contribution in [2.24, 2.45) is 0 Å². The van der Waals surface area contributed by atoms with E-state index in [0.717, 1.165) is 22.7 Å². The van der Waals surface area contributed by atoms with E-state index in [0.29, 0.717) is 11.4 Å². The first-order chi connectivity index (χ1) is 10.3. The van der Waals surface area contributed by atoms with Gasteiger partial charge in [-0.25, -0.2) is 0 Å². The number of hydrogen-bond donors (Lipinski definition) is 1. The first kappa shape index (κ1) is 13.6. The summed E-state index contributed by atoms with van der Waals surface area (Å²) in [5.74, 6) is 0.847. The zero-order chi connectivity index (χ0) is 14.7. The number of imidazole rings is 1. The van der Waals surface area contributed by atoms with Crippen LogP contribution < -0.4 is 4.74 Å². The Kier molecular flexibility index (Phi) is 3.88. The summed E-state index contributed by atoms with van der Waals surface area (Å²) in [4.78, 5) is 3.25. The molecule has 0 saturated heterocycles. The lowest BCUT2D eigenvalue weighted by atomic mass is 10.2. The van der Waals surface area contributed by atoms with Gasteiger partial charge in [-0.3, -0.25) is 4.57 Å². The van der Waals surface area contributed by atoms with Crippen LogP contribution in [0.5, 0.6) is 5.75 Å². The van der Waals surface area contributed by atoms with Crippen LogP contribution in [0.25, 0.3) is 16.9 Å². The van der Waals surface area contributed by atoms with Gasteiger partial charge in [0.1, 0.15) is 5.75 Å². The Morgan fingerprint density at radius 1 is 1.10 bits per heavy atom. The van der Waals surface area contributed by atoms with Crippen molar-refractivity contribution >= 4 is 12.2 Å². The van der Waals surface area contributed by atoms with Crippen LogP contribution in [-0.2, 0) is 0 Å². The fourth-order valence-electron chi connectivity index (χ4n) is 2.24. The quantitative estimate of drug-likeness (QED) is 0.713. The van der Waals surface area contributed by atoms with Crippen LogP contribution in [0.2, 0.25) is 0 Å². The van der Waals surface area contributed by atoms with Gasteiger partial charge in [0, 0.05) is 12.3 Å². The van der Waals surface area contributed by atoms with E-state index >= 15 is 0 Å². The monoisotopic (exact) mass is 296 g/mol. The van der Waals surface area contributed by atoms with E-state index in [2.05, 4.69) is 17.1 Å². The molecule has 0 aliphatic carbocycles. The summed E-state index contributed by atoms with van der Waals surface area (Å²) in [5.41, 5.74) is 3.11. The lowest BCUT2D eigenvalue weighted by Crippen LogP contribution is -1.95. The van der Waals surface area contributed by atoms with E-state index in [-0.39, 0.29) is 0 Å². The number of rotatable bonds is 4.